The lowest BCUT2D eigenvalue weighted by atomic mass is 9.96. The molecule has 1 saturated heterocycles. The number of hydrogen-bond acceptors (Lipinski definition) is 3. The van der Waals surface area contributed by atoms with Crippen molar-refractivity contribution in [2.45, 2.75) is 25.7 Å². The molecule has 2 heterocycles. The Bertz CT molecular complexity index is 316. The molecule has 1 fully saturated rings. The molecule has 0 aliphatic carbocycles. The number of aryl methyl sites for hydroxylation is 1. The summed E-state index contributed by atoms with van der Waals surface area (Å²) < 4.78 is 4.91. The standard InChI is InChI=1S/C10H12O2S/c1-7-3-5-13-10(7)8-2-4-12-9(11)6-8/h3,5,8H,2,4,6H2,1H3/t8-/m1/s1. The fourth-order valence-electron chi connectivity index (χ4n) is 1.70. The van der Waals surface area contributed by atoms with Crippen LogP contribution in [0, 0.1) is 6.92 Å². The number of rotatable bonds is 1. The van der Waals surface area contributed by atoms with Gasteiger partial charge < -0.3 is 4.74 Å². The molecule has 0 saturated carbocycles. The second-order valence-corrected chi connectivity index (χ2v) is 4.33. The molecule has 0 radical (unpaired) electrons. The van der Waals surface area contributed by atoms with Crippen LogP contribution in [0.25, 0.3) is 0 Å². The van der Waals surface area contributed by atoms with Crippen molar-refractivity contribution in [2.75, 3.05) is 6.61 Å². The Morgan fingerprint density at radius 1 is 1.62 bits per heavy atom. The van der Waals surface area contributed by atoms with E-state index in [1.807, 2.05) is 0 Å². The number of ether oxygens (including phenoxy) is 1. The maximum Gasteiger partial charge on any atom is 0.306 e. The molecule has 13 heavy (non-hydrogen) atoms. The van der Waals surface area contributed by atoms with Crippen molar-refractivity contribution < 1.29 is 9.53 Å². The van der Waals surface area contributed by atoms with Crippen LogP contribution in [0.5, 0.6) is 0 Å². The van der Waals surface area contributed by atoms with Crippen LogP contribution in [0.2, 0.25) is 0 Å². The predicted octanol–water partition coefficient (Wildman–Crippen LogP) is 2.48. The van der Waals surface area contributed by atoms with Gasteiger partial charge >= 0.3 is 5.97 Å². The van der Waals surface area contributed by atoms with Gasteiger partial charge in [0.25, 0.3) is 0 Å². The van der Waals surface area contributed by atoms with Gasteiger partial charge in [0.05, 0.1) is 13.0 Å². The van der Waals surface area contributed by atoms with Crippen molar-refractivity contribution in [3.05, 3.63) is 21.9 Å². The predicted molar refractivity (Wildman–Crippen MR) is 52.0 cm³/mol. The van der Waals surface area contributed by atoms with Gasteiger partial charge in [-0.15, -0.1) is 11.3 Å². The molecule has 1 atom stereocenters. The third-order valence-electron chi connectivity index (χ3n) is 2.41. The lowest BCUT2D eigenvalue weighted by Gasteiger charge is -2.20. The molecular formula is C10H12O2S. The number of carbonyl (C=O) groups excluding carboxylic acids is 1. The number of esters is 1. The zero-order valence-electron chi connectivity index (χ0n) is 7.58. The molecule has 0 bridgehead atoms. The minimum atomic E-state index is -0.0518. The van der Waals surface area contributed by atoms with Crippen molar-refractivity contribution in [3.63, 3.8) is 0 Å². The molecule has 0 unspecified atom stereocenters. The summed E-state index contributed by atoms with van der Waals surface area (Å²) in [5, 5.41) is 2.09. The van der Waals surface area contributed by atoms with Gasteiger partial charge in [-0.25, -0.2) is 0 Å². The third-order valence-corrected chi connectivity index (χ3v) is 3.60. The molecule has 1 aromatic heterocycles. The SMILES string of the molecule is Cc1ccsc1[C@@H]1CCOC(=O)C1. The van der Waals surface area contributed by atoms with E-state index in [4.69, 9.17) is 4.74 Å². The van der Waals surface area contributed by atoms with E-state index < -0.39 is 0 Å². The number of hydrogen-bond donors (Lipinski definition) is 0. The average molecular weight is 196 g/mol. The molecule has 2 nitrogen and oxygen atoms in total. The number of cyclic esters (lactones) is 1. The van der Waals surface area contributed by atoms with Crippen LogP contribution in [0.4, 0.5) is 0 Å². The quantitative estimate of drug-likeness (QED) is 0.645. The molecule has 0 N–H and O–H groups in total. The van der Waals surface area contributed by atoms with Crippen LogP contribution >= 0.6 is 11.3 Å². The third kappa shape index (κ3) is 1.75. The van der Waals surface area contributed by atoms with E-state index in [-0.39, 0.29) is 5.97 Å². The van der Waals surface area contributed by atoms with Gasteiger partial charge in [0.1, 0.15) is 0 Å². The van der Waals surface area contributed by atoms with E-state index in [1.165, 1.54) is 10.4 Å². The van der Waals surface area contributed by atoms with E-state index in [2.05, 4.69) is 18.4 Å². The first-order chi connectivity index (χ1) is 6.27. The molecule has 3 heteroatoms. The Balaban J connectivity index is 2.17. The van der Waals surface area contributed by atoms with Crippen LogP contribution in [0.3, 0.4) is 0 Å². The molecule has 1 aromatic rings. The van der Waals surface area contributed by atoms with E-state index in [9.17, 15) is 4.79 Å². The fourth-order valence-corrected chi connectivity index (χ4v) is 2.77. The topological polar surface area (TPSA) is 26.3 Å². The van der Waals surface area contributed by atoms with Crippen LogP contribution in [-0.2, 0) is 9.53 Å². The summed E-state index contributed by atoms with van der Waals surface area (Å²) >= 11 is 1.75. The molecule has 0 aromatic carbocycles. The average Bonchev–Trinajstić information content (AvgIpc) is 2.51. The number of thiophene rings is 1. The number of carbonyl (C=O) groups is 1. The van der Waals surface area contributed by atoms with Crippen LogP contribution in [0.15, 0.2) is 11.4 Å². The minimum absolute atomic E-state index is 0.0518. The maximum atomic E-state index is 11.1. The Morgan fingerprint density at radius 2 is 2.46 bits per heavy atom. The summed E-state index contributed by atoms with van der Waals surface area (Å²) in [7, 11) is 0. The molecule has 0 spiro atoms. The largest absolute Gasteiger partial charge is 0.466 e. The van der Waals surface area contributed by atoms with Crippen molar-refractivity contribution in [1.29, 1.82) is 0 Å². The van der Waals surface area contributed by atoms with Gasteiger partial charge in [0, 0.05) is 10.8 Å². The Labute approximate surface area is 81.5 Å². The fraction of sp³-hybridized carbons (Fsp3) is 0.500. The second-order valence-electron chi connectivity index (χ2n) is 3.38. The summed E-state index contributed by atoms with van der Waals surface area (Å²) in [5.41, 5.74) is 1.31. The molecule has 70 valence electrons. The first kappa shape index (κ1) is 8.75. The highest BCUT2D eigenvalue weighted by Crippen LogP contribution is 2.33. The van der Waals surface area contributed by atoms with E-state index >= 15 is 0 Å². The van der Waals surface area contributed by atoms with Crippen LogP contribution < -0.4 is 0 Å². The summed E-state index contributed by atoms with van der Waals surface area (Å²) in [4.78, 5) is 12.4. The summed E-state index contributed by atoms with van der Waals surface area (Å²) in [6.45, 7) is 2.69. The molecule has 0 amide bonds. The highest BCUT2D eigenvalue weighted by atomic mass is 32.1. The van der Waals surface area contributed by atoms with E-state index in [1.54, 1.807) is 11.3 Å². The Hall–Kier alpha value is -0.830. The Morgan fingerprint density at radius 3 is 3.08 bits per heavy atom. The summed E-state index contributed by atoms with van der Waals surface area (Å²) in [6, 6.07) is 2.11. The van der Waals surface area contributed by atoms with Gasteiger partial charge in [-0.1, -0.05) is 0 Å². The maximum absolute atomic E-state index is 11.1. The summed E-state index contributed by atoms with van der Waals surface area (Å²) in [5.74, 6) is 0.352. The van der Waals surface area contributed by atoms with Gasteiger partial charge in [0.2, 0.25) is 0 Å². The lowest BCUT2D eigenvalue weighted by molar-refractivity contribution is -0.147. The zero-order chi connectivity index (χ0) is 9.26. The van der Waals surface area contributed by atoms with Gasteiger partial charge in [0.15, 0.2) is 0 Å². The second kappa shape index (κ2) is 3.50. The van der Waals surface area contributed by atoms with Gasteiger partial charge in [-0.3, -0.25) is 4.79 Å². The Kier molecular flexibility index (Phi) is 2.36. The van der Waals surface area contributed by atoms with Crippen molar-refractivity contribution in [2.24, 2.45) is 0 Å². The summed E-state index contributed by atoms with van der Waals surface area (Å²) in [6.07, 6.45) is 1.54. The first-order valence-electron chi connectivity index (χ1n) is 4.47. The van der Waals surface area contributed by atoms with E-state index in [0.717, 1.165) is 6.42 Å². The zero-order valence-corrected chi connectivity index (χ0v) is 8.39. The lowest BCUT2D eigenvalue weighted by Crippen LogP contribution is -2.19. The molecule has 1 aliphatic rings. The normalized spacial score (nSPS) is 22.8. The van der Waals surface area contributed by atoms with Gasteiger partial charge in [-0.2, -0.15) is 0 Å². The smallest absolute Gasteiger partial charge is 0.306 e. The highest BCUT2D eigenvalue weighted by Gasteiger charge is 2.23. The minimum Gasteiger partial charge on any atom is -0.466 e. The van der Waals surface area contributed by atoms with Crippen molar-refractivity contribution in [3.8, 4) is 0 Å². The monoisotopic (exact) mass is 196 g/mol. The first-order valence-corrected chi connectivity index (χ1v) is 5.35. The van der Waals surface area contributed by atoms with Gasteiger partial charge in [-0.05, 0) is 30.4 Å². The molecule has 1 aliphatic heterocycles. The van der Waals surface area contributed by atoms with Crippen molar-refractivity contribution in [1.82, 2.24) is 0 Å². The van der Waals surface area contributed by atoms with Crippen molar-refractivity contribution >= 4 is 17.3 Å². The van der Waals surface area contributed by atoms with Crippen LogP contribution in [0.1, 0.15) is 29.2 Å². The highest BCUT2D eigenvalue weighted by molar-refractivity contribution is 7.10. The van der Waals surface area contributed by atoms with E-state index in [0.29, 0.717) is 18.9 Å². The molecule has 2 rings (SSSR count). The molecular weight excluding hydrogens is 184 g/mol. The van der Waals surface area contributed by atoms with Crippen LogP contribution in [-0.4, -0.2) is 12.6 Å².